The van der Waals surface area contributed by atoms with E-state index in [-0.39, 0.29) is 0 Å². The van der Waals surface area contributed by atoms with E-state index in [0.29, 0.717) is 16.9 Å². The zero-order valence-electron chi connectivity index (χ0n) is 10.9. The first-order valence-corrected chi connectivity index (χ1v) is 7.44. The Labute approximate surface area is 124 Å². The molecule has 0 fully saturated rings. The van der Waals surface area contributed by atoms with Crippen molar-refractivity contribution < 1.29 is 8.83 Å². The number of thioether (sulfide) groups is 1. The van der Waals surface area contributed by atoms with Gasteiger partial charge in [-0.1, -0.05) is 30.0 Å². The SMILES string of the molecule is c1coc(-c2nnc(SCc3c[nH]c4ccccc34)o2)c1. The number of benzene rings is 1. The largest absolute Gasteiger partial charge is 0.459 e. The molecule has 104 valence electrons. The summed E-state index contributed by atoms with van der Waals surface area (Å²) in [6.45, 7) is 0. The summed E-state index contributed by atoms with van der Waals surface area (Å²) in [5.41, 5.74) is 2.35. The van der Waals surface area contributed by atoms with Gasteiger partial charge >= 0.3 is 0 Å². The van der Waals surface area contributed by atoms with Crippen LogP contribution in [0.4, 0.5) is 0 Å². The molecule has 4 aromatic rings. The summed E-state index contributed by atoms with van der Waals surface area (Å²) in [5, 5.41) is 9.76. The minimum Gasteiger partial charge on any atom is -0.459 e. The molecule has 6 heteroatoms. The van der Waals surface area contributed by atoms with E-state index in [0.717, 1.165) is 11.3 Å². The van der Waals surface area contributed by atoms with Crippen LogP contribution >= 0.6 is 11.8 Å². The number of furan rings is 1. The Hall–Kier alpha value is -2.47. The van der Waals surface area contributed by atoms with E-state index in [1.54, 1.807) is 18.4 Å². The number of hydrogen-bond donors (Lipinski definition) is 1. The minimum atomic E-state index is 0.404. The maximum absolute atomic E-state index is 5.58. The highest BCUT2D eigenvalue weighted by Crippen LogP contribution is 2.28. The molecule has 21 heavy (non-hydrogen) atoms. The summed E-state index contributed by atoms with van der Waals surface area (Å²) in [6.07, 6.45) is 3.60. The molecule has 0 bridgehead atoms. The molecule has 0 aliphatic carbocycles. The second-order valence-corrected chi connectivity index (χ2v) is 5.43. The molecule has 0 amide bonds. The number of nitrogens with one attached hydrogen (secondary N) is 1. The number of para-hydroxylation sites is 1. The maximum atomic E-state index is 5.58. The molecular formula is C15H11N3O2S. The van der Waals surface area contributed by atoms with E-state index in [1.807, 2.05) is 18.3 Å². The van der Waals surface area contributed by atoms with Crippen LogP contribution in [0.3, 0.4) is 0 Å². The van der Waals surface area contributed by atoms with Gasteiger partial charge in [0.05, 0.1) is 6.26 Å². The number of hydrogen-bond acceptors (Lipinski definition) is 5. The summed E-state index contributed by atoms with van der Waals surface area (Å²) < 4.78 is 10.8. The Morgan fingerprint density at radius 2 is 2.05 bits per heavy atom. The van der Waals surface area contributed by atoms with Crippen LogP contribution in [0.25, 0.3) is 22.6 Å². The summed E-state index contributed by atoms with van der Waals surface area (Å²) in [5.74, 6) is 1.76. The third-order valence-corrected chi connectivity index (χ3v) is 4.03. The Morgan fingerprint density at radius 1 is 1.10 bits per heavy atom. The van der Waals surface area contributed by atoms with Crippen LogP contribution in [0.5, 0.6) is 0 Å². The van der Waals surface area contributed by atoms with Crippen LogP contribution in [0, 0.1) is 0 Å². The monoisotopic (exact) mass is 297 g/mol. The number of H-pyrrole nitrogens is 1. The van der Waals surface area contributed by atoms with Gasteiger partial charge in [0.2, 0.25) is 0 Å². The number of aromatic amines is 1. The van der Waals surface area contributed by atoms with Gasteiger partial charge in [0.1, 0.15) is 0 Å². The average molecular weight is 297 g/mol. The third-order valence-electron chi connectivity index (χ3n) is 3.16. The molecule has 5 nitrogen and oxygen atoms in total. The predicted molar refractivity (Wildman–Crippen MR) is 79.9 cm³/mol. The van der Waals surface area contributed by atoms with E-state index < -0.39 is 0 Å². The quantitative estimate of drug-likeness (QED) is 0.574. The maximum Gasteiger partial charge on any atom is 0.284 e. The molecule has 0 unspecified atom stereocenters. The fourth-order valence-electron chi connectivity index (χ4n) is 2.16. The Bertz CT molecular complexity index is 864. The van der Waals surface area contributed by atoms with Crippen LogP contribution in [0.1, 0.15) is 5.56 Å². The molecule has 0 aliphatic rings. The Morgan fingerprint density at radius 3 is 2.95 bits per heavy atom. The summed E-state index contributed by atoms with van der Waals surface area (Å²) in [7, 11) is 0. The molecule has 0 aliphatic heterocycles. The van der Waals surface area contributed by atoms with Gasteiger partial charge in [-0.15, -0.1) is 10.2 Å². The van der Waals surface area contributed by atoms with Gasteiger partial charge in [-0.05, 0) is 23.8 Å². The molecule has 0 saturated heterocycles. The third kappa shape index (κ3) is 2.34. The number of aromatic nitrogens is 3. The van der Waals surface area contributed by atoms with E-state index >= 15 is 0 Å². The number of nitrogens with zero attached hydrogens (tertiary/aromatic N) is 2. The van der Waals surface area contributed by atoms with Gasteiger partial charge in [-0.2, -0.15) is 0 Å². The summed E-state index contributed by atoms with van der Waals surface area (Å²) in [6, 6.07) is 11.8. The van der Waals surface area contributed by atoms with Crippen molar-refractivity contribution in [3.05, 3.63) is 54.4 Å². The van der Waals surface area contributed by atoms with Crippen LogP contribution in [0.15, 0.2) is 62.9 Å². The summed E-state index contributed by atoms with van der Waals surface area (Å²) in [4.78, 5) is 3.26. The van der Waals surface area contributed by atoms with Crippen molar-refractivity contribution in [2.75, 3.05) is 0 Å². The lowest BCUT2D eigenvalue weighted by Crippen LogP contribution is -1.78. The normalized spacial score (nSPS) is 11.2. The fraction of sp³-hybridized carbons (Fsp3) is 0.0667. The van der Waals surface area contributed by atoms with Gasteiger partial charge < -0.3 is 13.8 Å². The fourth-order valence-corrected chi connectivity index (χ4v) is 2.91. The van der Waals surface area contributed by atoms with E-state index in [4.69, 9.17) is 8.83 Å². The molecule has 1 N–H and O–H groups in total. The van der Waals surface area contributed by atoms with Gasteiger partial charge in [0.25, 0.3) is 11.1 Å². The van der Waals surface area contributed by atoms with Gasteiger partial charge in [-0.25, -0.2) is 0 Å². The number of rotatable bonds is 4. The zero-order valence-corrected chi connectivity index (χ0v) is 11.8. The van der Waals surface area contributed by atoms with Crippen molar-refractivity contribution in [3.63, 3.8) is 0 Å². The lowest BCUT2D eigenvalue weighted by atomic mass is 10.2. The van der Waals surface area contributed by atoms with Crippen molar-refractivity contribution in [1.82, 2.24) is 15.2 Å². The molecule has 0 radical (unpaired) electrons. The van der Waals surface area contributed by atoms with Crippen molar-refractivity contribution in [2.45, 2.75) is 11.0 Å². The average Bonchev–Trinajstić information content (AvgIpc) is 3.25. The molecule has 0 atom stereocenters. The first kappa shape index (κ1) is 12.3. The highest BCUT2D eigenvalue weighted by molar-refractivity contribution is 7.98. The molecule has 3 heterocycles. The lowest BCUT2D eigenvalue weighted by molar-refractivity contribution is 0.447. The van der Waals surface area contributed by atoms with Gasteiger partial charge in [-0.3, -0.25) is 0 Å². The van der Waals surface area contributed by atoms with Crippen molar-refractivity contribution >= 4 is 22.7 Å². The lowest BCUT2D eigenvalue weighted by Gasteiger charge is -1.95. The molecule has 1 aromatic carbocycles. The molecular weight excluding hydrogens is 286 g/mol. The van der Waals surface area contributed by atoms with Crippen LogP contribution in [-0.2, 0) is 5.75 Å². The smallest absolute Gasteiger partial charge is 0.284 e. The first-order chi connectivity index (χ1) is 10.4. The van der Waals surface area contributed by atoms with Crippen LogP contribution in [-0.4, -0.2) is 15.2 Å². The zero-order chi connectivity index (χ0) is 14.1. The molecule has 4 rings (SSSR count). The minimum absolute atomic E-state index is 0.404. The van der Waals surface area contributed by atoms with Gasteiger partial charge in [0, 0.05) is 22.9 Å². The van der Waals surface area contributed by atoms with Crippen molar-refractivity contribution in [2.24, 2.45) is 0 Å². The van der Waals surface area contributed by atoms with E-state index in [1.165, 1.54) is 22.7 Å². The Balaban J connectivity index is 1.52. The van der Waals surface area contributed by atoms with E-state index in [2.05, 4.69) is 27.3 Å². The molecule has 3 aromatic heterocycles. The molecule has 0 saturated carbocycles. The first-order valence-electron chi connectivity index (χ1n) is 6.45. The van der Waals surface area contributed by atoms with Crippen LogP contribution < -0.4 is 0 Å². The second kappa shape index (κ2) is 5.14. The standard InChI is InChI=1S/C15H11N3O2S/c1-2-5-12-11(4-1)10(8-16-12)9-21-15-18-17-14(20-15)13-6-3-7-19-13/h1-8,16H,9H2. The summed E-state index contributed by atoms with van der Waals surface area (Å²) >= 11 is 1.51. The highest BCUT2D eigenvalue weighted by Gasteiger charge is 2.12. The van der Waals surface area contributed by atoms with Crippen LogP contribution in [0.2, 0.25) is 0 Å². The molecule has 0 spiro atoms. The van der Waals surface area contributed by atoms with Crippen molar-refractivity contribution in [3.8, 4) is 11.7 Å². The topological polar surface area (TPSA) is 67.8 Å². The van der Waals surface area contributed by atoms with Crippen molar-refractivity contribution in [1.29, 1.82) is 0 Å². The predicted octanol–water partition coefficient (Wildman–Crippen LogP) is 4.10. The van der Waals surface area contributed by atoms with Gasteiger partial charge in [0.15, 0.2) is 5.76 Å². The Kier molecular flexibility index (Phi) is 3.01. The highest BCUT2D eigenvalue weighted by atomic mass is 32.2. The second-order valence-electron chi connectivity index (χ2n) is 4.50. The van der Waals surface area contributed by atoms with E-state index in [9.17, 15) is 0 Å². The number of fused-ring (bicyclic) bond motifs is 1.